The fourth-order valence-electron chi connectivity index (χ4n) is 1.85. The Morgan fingerprint density at radius 3 is 2.67 bits per heavy atom. The molecule has 0 unspecified atom stereocenters. The van der Waals surface area contributed by atoms with E-state index in [2.05, 4.69) is 41.4 Å². The minimum atomic E-state index is 0. The molecule has 21 heavy (non-hydrogen) atoms. The van der Waals surface area contributed by atoms with Gasteiger partial charge in [0.1, 0.15) is 0 Å². The zero-order chi connectivity index (χ0) is 14.8. The van der Waals surface area contributed by atoms with Crippen LogP contribution in [0.4, 0.5) is 0 Å². The molecule has 0 amide bonds. The summed E-state index contributed by atoms with van der Waals surface area (Å²) in [7, 11) is 0. The van der Waals surface area contributed by atoms with Crippen molar-refractivity contribution in [1.82, 2.24) is 15.6 Å². The fourth-order valence-corrected chi connectivity index (χ4v) is 2.56. The summed E-state index contributed by atoms with van der Waals surface area (Å²) >= 11 is 1.67. The number of thiazole rings is 1. The van der Waals surface area contributed by atoms with E-state index in [9.17, 15) is 0 Å². The fraction of sp³-hybridized carbons (Fsp3) is 0.733. The molecule has 0 radical (unpaired) electrons. The van der Waals surface area contributed by atoms with Crippen LogP contribution in [0.3, 0.4) is 0 Å². The molecule has 0 saturated heterocycles. The Bertz CT molecular complexity index is 404. The first-order valence-corrected chi connectivity index (χ1v) is 8.42. The summed E-state index contributed by atoms with van der Waals surface area (Å²) < 4.78 is 0. The number of nitrogens with zero attached hydrogens (tertiary/aromatic N) is 2. The van der Waals surface area contributed by atoms with Gasteiger partial charge >= 0.3 is 0 Å². The highest BCUT2D eigenvalue weighted by Crippen LogP contribution is 2.12. The van der Waals surface area contributed by atoms with Crippen molar-refractivity contribution in [2.24, 2.45) is 10.9 Å². The number of hydrogen-bond donors (Lipinski definition) is 2. The van der Waals surface area contributed by atoms with Crippen LogP contribution in [0.5, 0.6) is 0 Å². The van der Waals surface area contributed by atoms with E-state index in [1.165, 1.54) is 24.1 Å². The van der Waals surface area contributed by atoms with Crippen LogP contribution < -0.4 is 10.6 Å². The zero-order valence-electron chi connectivity index (χ0n) is 13.6. The Morgan fingerprint density at radius 1 is 1.33 bits per heavy atom. The van der Waals surface area contributed by atoms with Gasteiger partial charge in [0.15, 0.2) is 5.96 Å². The highest BCUT2D eigenvalue weighted by molar-refractivity contribution is 14.0. The number of hydrogen-bond acceptors (Lipinski definition) is 3. The minimum Gasteiger partial charge on any atom is -0.357 e. The van der Waals surface area contributed by atoms with E-state index in [1.54, 1.807) is 11.3 Å². The van der Waals surface area contributed by atoms with Crippen molar-refractivity contribution >= 4 is 41.3 Å². The molecule has 122 valence electrons. The van der Waals surface area contributed by atoms with Crippen LogP contribution in [-0.4, -0.2) is 24.0 Å². The molecule has 0 aliphatic carbocycles. The SMILES string of the molecule is CCNC(=NCc1scnc1C)NCCCCC(C)C.I. The average molecular weight is 424 g/mol. The Morgan fingerprint density at radius 2 is 2.10 bits per heavy atom. The number of aromatic nitrogens is 1. The second-order valence-electron chi connectivity index (χ2n) is 5.37. The standard InChI is InChI=1S/C15H28N4S.HI/c1-5-16-15(17-9-7-6-8-12(2)3)18-10-14-13(4)19-11-20-14;/h11-12H,5-10H2,1-4H3,(H2,16,17,18);1H. The number of rotatable bonds is 8. The lowest BCUT2D eigenvalue weighted by atomic mass is 10.1. The van der Waals surface area contributed by atoms with Crippen molar-refractivity contribution in [1.29, 1.82) is 0 Å². The summed E-state index contributed by atoms with van der Waals surface area (Å²) in [5.41, 5.74) is 2.97. The summed E-state index contributed by atoms with van der Waals surface area (Å²) in [4.78, 5) is 10.1. The Kier molecular flexibility index (Phi) is 12.0. The highest BCUT2D eigenvalue weighted by atomic mass is 127. The maximum Gasteiger partial charge on any atom is 0.191 e. The topological polar surface area (TPSA) is 49.3 Å². The van der Waals surface area contributed by atoms with Crippen LogP contribution >= 0.6 is 35.3 Å². The molecule has 0 spiro atoms. The number of nitrogens with one attached hydrogen (secondary N) is 2. The third-order valence-electron chi connectivity index (χ3n) is 3.07. The van der Waals surface area contributed by atoms with Gasteiger partial charge in [0.2, 0.25) is 0 Å². The van der Waals surface area contributed by atoms with Crippen LogP contribution in [0.25, 0.3) is 0 Å². The maximum atomic E-state index is 4.61. The molecular weight excluding hydrogens is 395 g/mol. The summed E-state index contributed by atoms with van der Waals surface area (Å²) in [6.45, 7) is 11.3. The summed E-state index contributed by atoms with van der Waals surface area (Å²) in [5, 5.41) is 6.69. The molecular formula is C15H29IN4S. The first kappa shape index (κ1) is 20.6. The number of guanidine groups is 1. The van der Waals surface area contributed by atoms with Crippen LogP contribution in [0.15, 0.2) is 10.5 Å². The number of aryl methyl sites for hydroxylation is 1. The molecule has 1 rings (SSSR count). The van der Waals surface area contributed by atoms with Crippen molar-refractivity contribution in [2.45, 2.75) is 53.5 Å². The molecule has 2 N–H and O–H groups in total. The van der Waals surface area contributed by atoms with Gasteiger partial charge in [-0.2, -0.15) is 0 Å². The lowest BCUT2D eigenvalue weighted by Gasteiger charge is -2.11. The van der Waals surface area contributed by atoms with Gasteiger partial charge in [-0.05, 0) is 26.2 Å². The average Bonchev–Trinajstić information content (AvgIpc) is 2.80. The summed E-state index contributed by atoms with van der Waals surface area (Å²) in [6.07, 6.45) is 3.77. The molecule has 0 saturated carbocycles. The van der Waals surface area contributed by atoms with Crippen molar-refractivity contribution in [2.75, 3.05) is 13.1 Å². The van der Waals surface area contributed by atoms with E-state index in [4.69, 9.17) is 0 Å². The minimum absolute atomic E-state index is 0. The molecule has 6 heteroatoms. The molecule has 4 nitrogen and oxygen atoms in total. The Labute approximate surface area is 150 Å². The predicted octanol–water partition coefficient (Wildman–Crippen LogP) is 3.95. The van der Waals surface area contributed by atoms with E-state index in [1.807, 2.05) is 12.4 Å². The predicted molar refractivity (Wildman–Crippen MR) is 104 cm³/mol. The molecule has 1 aromatic rings. The zero-order valence-corrected chi connectivity index (χ0v) is 16.8. The second-order valence-corrected chi connectivity index (χ2v) is 6.31. The number of halogens is 1. The molecule has 0 atom stereocenters. The van der Waals surface area contributed by atoms with Crippen LogP contribution in [0, 0.1) is 12.8 Å². The van der Waals surface area contributed by atoms with Crippen molar-refractivity contribution in [3.63, 3.8) is 0 Å². The van der Waals surface area contributed by atoms with Gasteiger partial charge in [-0.25, -0.2) is 9.98 Å². The van der Waals surface area contributed by atoms with E-state index < -0.39 is 0 Å². The van der Waals surface area contributed by atoms with Gasteiger partial charge in [0, 0.05) is 18.0 Å². The third kappa shape index (κ3) is 9.29. The molecule has 0 bridgehead atoms. The molecule has 1 heterocycles. The molecule has 1 aromatic heterocycles. The van der Waals surface area contributed by atoms with Crippen molar-refractivity contribution in [3.8, 4) is 0 Å². The van der Waals surface area contributed by atoms with E-state index >= 15 is 0 Å². The Balaban J connectivity index is 0.00000400. The van der Waals surface area contributed by atoms with Crippen molar-refractivity contribution < 1.29 is 0 Å². The van der Waals surface area contributed by atoms with Crippen molar-refractivity contribution in [3.05, 3.63) is 16.1 Å². The molecule has 0 aliphatic heterocycles. The van der Waals surface area contributed by atoms with Gasteiger partial charge in [-0.15, -0.1) is 35.3 Å². The van der Waals surface area contributed by atoms with Gasteiger partial charge in [0.25, 0.3) is 0 Å². The largest absolute Gasteiger partial charge is 0.357 e. The smallest absolute Gasteiger partial charge is 0.191 e. The van der Waals surface area contributed by atoms with Crippen LogP contribution in [0.2, 0.25) is 0 Å². The normalized spacial score (nSPS) is 11.4. The first-order valence-electron chi connectivity index (χ1n) is 7.54. The van der Waals surface area contributed by atoms with Gasteiger partial charge in [-0.1, -0.05) is 26.7 Å². The molecule has 0 aromatic carbocycles. The number of unbranched alkanes of at least 4 members (excludes halogenated alkanes) is 1. The Hall–Kier alpha value is -0.370. The lowest BCUT2D eigenvalue weighted by Crippen LogP contribution is -2.37. The second kappa shape index (κ2) is 12.2. The van der Waals surface area contributed by atoms with Gasteiger partial charge < -0.3 is 10.6 Å². The van der Waals surface area contributed by atoms with Gasteiger partial charge in [-0.3, -0.25) is 0 Å². The molecule has 0 aliphatic rings. The van der Waals surface area contributed by atoms with Crippen LogP contribution in [-0.2, 0) is 6.54 Å². The quantitative estimate of drug-likeness (QED) is 0.288. The van der Waals surface area contributed by atoms with E-state index in [0.717, 1.165) is 30.7 Å². The van der Waals surface area contributed by atoms with E-state index in [-0.39, 0.29) is 24.0 Å². The number of aliphatic imine (C=N–C) groups is 1. The third-order valence-corrected chi connectivity index (χ3v) is 3.99. The van der Waals surface area contributed by atoms with Gasteiger partial charge in [0.05, 0.1) is 17.7 Å². The monoisotopic (exact) mass is 424 g/mol. The first-order chi connectivity index (χ1) is 9.63. The maximum absolute atomic E-state index is 4.61. The van der Waals surface area contributed by atoms with E-state index in [0.29, 0.717) is 6.54 Å². The molecule has 0 fully saturated rings. The highest BCUT2D eigenvalue weighted by Gasteiger charge is 2.02. The lowest BCUT2D eigenvalue weighted by molar-refractivity contribution is 0.534. The summed E-state index contributed by atoms with van der Waals surface area (Å²) in [6, 6.07) is 0. The van der Waals surface area contributed by atoms with Crippen LogP contribution in [0.1, 0.15) is 50.6 Å². The summed E-state index contributed by atoms with van der Waals surface area (Å²) in [5.74, 6) is 1.70.